The van der Waals surface area contributed by atoms with Gasteiger partial charge in [0.25, 0.3) is 5.91 Å². The molecule has 0 aromatic rings. The van der Waals surface area contributed by atoms with Crippen LogP contribution in [0, 0.1) is 0 Å². The third-order valence-corrected chi connectivity index (χ3v) is 3.13. The van der Waals surface area contributed by atoms with Crippen LogP contribution in [0.1, 0.15) is 19.8 Å². The summed E-state index contributed by atoms with van der Waals surface area (Å²) >= 11 is 0. The SMILES string of the molecule is CCN(CC1CCCN1)C(=O)C1=COCCO1. The Morgan fingerprint density at radius 1 is 1.59 bits per heavy atom. The zero-order valence-electron chi connectivity index (χ0n) is 10.3. The number of hydrogen-bond acceptors (Lipinski definition) is 4. The van der Waals surface area contributed by atoms with E-state index in [1.165, 1.54) is 12.7 Å². The highest BCUT2D eigenvalue weighted by molar-refractivity contribution is 5.91. The van der Waals surface area contributed by atoms with Crippen molar-refractivity contribution in [1.29, 1.82) is 0 Å². The monoisotopic (exact) mass is 240 g/mol. The van der Waals surface area contributed by atoms with E-state index in [0.29, 0.717) is 31.6 Å². The highest BCUT2D eigenvalue weighted by Crippen LogP contribution is 2.12. The molecule has 96 valence electrons. The second-order valence-electron chi connectivity index (χ2n) is 4.34. The van der Waals surface area contributed by atoms with Gasteiger partial charge in [-0.15, -0.1) is 0 Å². The lowest BCUT2D eigenvalue weighted by atomic mass is 10.2. The van der Waals surface area contributed by atoms with Crippen molar-refractivity contribution in [3.8, 4) is 0 Å². The number of hydrogen-bond donors (Lipinski definition) is 1. The van der Waals surface area contributed by atoms with Gasteiger partial charge >= 0.3 is 0 Å². The Bertz CT molecular complexity index is 298. The Labute approximate surface area is 102 Å². The Morgan fingerprint density at radius 3 is 3.06 bits per heavy atom. The molecule has 0 saturated carbocycles. The molecule has 0 bridgehead atoms. The summed E-state index contributed by atoms with van der Waals surface area (Å²) < 4.78 is 10.4. The first kappa shape index (κ1) is 12.2. The topological polar surface area (TPSA) is 50.8 Å². The van der Waals surface area contributed by atoms with E-state index in [0.717, 1.165) is 19.5 Å². The van der Waals surface area contributed by atoms with Gasteiger partial charge < -0.3 is 19.7 Å². The summed E-state index contributed by atoms with van der Waals surface area (Å²) in [6.45, 7) is 5.45. The summed E-state index contributed by atoms with van der Waals surface area (Å²) in [5.41, 5.74) is 0. The molecule has 1 atom stereocenters. The van der Waals surface area contributed by atoms with Gasteiger partial charge in [0, 0.05) is 19.1 Å². The van der Waals surface area contributed by atoms with Crippen molar-refractivity contribution in [3.05, 3.63) is 12.0 Å². The molecule has 2 rings (SSSR count). The van der Waals surface area contributed by atoms with Crippen LogP contribution >= 0.6 is 0 Å². The first-order valence-corrected chi connectivity index (χ1v) is 6.28. The third-order valence-electron chi connectivity index (χ3n) is 3.13. The lowest BCUT2D eigenvalue weighted by Gasteiger charge is -2.26. The van der Waals surface area contributed by atoms with Crippen molar-refractivity contribution in [1.82, 2.24) is 10.2 Å². The summed E-state index contributed by atoms with van der Waals surface area (Å²) in [7, 11) is 0. The molecule has 1 unspecified atom stereocenters. The number of nitrogens with one attached hydrogen (secondary N) is 1. The van der Waals surface area contributed by atoms with Crippen molar-refractivity contribution in [2.45, 2.75) is 25.8 Å². The summed E-state index contributed by atoms with van der Waals surface area (Å²) in [6.07, 6.45) is 3.76. The van der Waals surface area contributed by atoms with Crippen molar-refractivity contribution in [3.63, 3.8) is 0 Å². The molecule has 0 aromatic carbocycles. The predicted molar refractivity (Wildman–Crippen MR) is 63.3 cm³/mol. The molecule has 0 radical (unpaired) electrons. The molecule has 1 fully saturated rings. The first-order valence-electron chi connectivity index (χ1n) is 6.28. The number of carbonyl (C=O) groups excluding carboxylic acids is 1. The summed E-state index contributed by atoms with van der Waals surface area (Å²) in [5.74, 6) is 0.261. The van der Waals surface area contributed by atoms with Crippen LogP contribution < -0.4 is 5.32 Å². The van der Waals surface area contributed by atoms with Crippen molar-refractivity contribution < 1.29 is 14.3 Å². The van der Waals surface area contributed by atoms with Gasteiger partial charge in [-0.2, -0.15) is 0 Å². The average Bonchev–Trinajstić information content (AvgIpc) is 2.89. The molecule has 1 amide bonds. The maximum Gasteiger partial charge on any atom is 0.292 e. The Kier molecular flexibility index (Phi) is 4.25. The molecule has 2 heterocycles. The van der Waals surface area contributed by atoms with E-state index in [2.05, 4.69) is 5.32 Å². The highest BCUT2D eigenvalue weighted by Gasteiger charge is 2.24. The van der Waals surface area contributed by atoms with Gasteiger partial charge in [0.1, 0.15) is 19.5 Å². The third kappa shape index (κ3) is 3.12. The molecule has 5 heteroatoms. The smallest absolute Gasteiger partial charge is 0.292 e. The molecule has 17 heavy (non-hydrogen) atoms. The van der Waals surface area contributed by atoms with Crippen LogP contribution in [0.2, 0.25) is 0 Å². The van der Waals surface area contributed by atoms with Crippen LogP contribution in [0.3, 0.4) is 0 Å². The second-order valence-corrected chi connectivity index (χ2v) is 4.34. The molecule has 5 nitrogen and oxygen atoms in total. The molecule has 1 saturated heterocycles. The normalized spacial score (nSPS) is 23.6. The fourth-order valence-electron chi connectivity index (χ4n) is 2.17. The maximum absolute atomic E-state index is 12.1. The standard InChI is InChI=1S/C12H20N2O3/c1-2-14(8-10-4-3-5-13-10)12(15)11-9-16-6-7-17-11/h9-10,13H,2-8H2,1H3. The van der Waals surface area contributed by atoms with Crippen molar-refractivity contribution in [2.75, 3.05) is 32.8 Å². The molecule has 1 N–H and O–H groups in total. The molecular weight excluding hydrogens is 220 g/mol. The van der Waals surface area contributed by atoms with Gasteiger partial charge in [0.05, 0.1) is 0 Å². The fourth-order valence-corrected chi connectivity index (χ4v) is 2.17. The van der Waals surface area contributed by atoms with Crippen LogP contribution in [0.5, 0.6) is 0 Å². The lowest BCUT2D eigenvalue weighted by molar-refractivity contribution is -0.132. The molecular formula is C12H20N2O3. The van der Waals surface area contributed by atoms with Gasteiger partial charge in [-0.05, 0) is 26.3 Å². The zero-order chi connectivity index (χ0) is 12.1. The minimum Gasteiger partial charge on any atom is -0.494 e. The quantitative estimate of drug-likeness (QED) is 0.776. The molecule has 0 spiro atoms. The number of carbonyl (C=O) groups is 1. The van der Waals surface area contributed by atoms with E-state index >= 15 is 0 Å². The van der Waals surface area contributed by atoms with Crippen LogP contribution in [0.4, 0.5) is 0 Å². The van der Waals surface area contributed by atoms with Crippen molar-refractivity contribution in [2.24, 2.45) is 0 Å². The van der Waals surface area contributed by atoms with Crippen LogP contribution in [0.15, 0.2) is 12.0 Å². The minimum atomic E-state index is -0.0686. The maximum atomic E-state index is 12.1. The van der Waals surface area contributed by atoms with Crippen molar-refractivity contribution >= 4 is 5.91 Å². The molecule has 0 aromatic heterocycles. The minimum absolute atomic E-state index is 0.0686. The largest absolute Gasteiger partial charge is 0.494 e. The van der Waals surface area contributed by atoms with Gasteiger partial charge in [-0.25, -0.2) is 0 Å². The van der Waals surface area contributed by atoms with E-state index in [-0.39, 0.29) is 5.91 Å². The van der Waals surface area contributed by atoms with Gasteiger partial charge in [-0.1, -0.05) is 0 Å². The van der Waals surface area contributed by atoms with Gasteiger partial charge in [0.15, 0.2) is 0 Å². The Hall–Kier alpha value is -1.23. The highest BCUT2D eigenvalue weighted by atomic mass is 16.6. The molecule has 2 aliphatic rings. The van der Waals surface area contributed by atoms with E-state index in [1.54, 1.807) is 0 Å². The van der Waals surface area contributed by atoms with E-state index < -0.39 is 0 Å². The summed E-state index contributed by atoms with van der Waals surface area (Å²) in [4.78, 5) is 14.0. The fraction of sp³-hybridized carbons (Fsp3) is 0.750. The molecule has 0 aliphatic carbocycles. The number of rotatable bonds is 4. The van der Waals surface area contributed by atoms with Gasteiger partial charge in [-0.3, -0.25) is 4.79 Å². The zero-order valence-corrected chi connectivity index (χ0v) is 10.3. The van der Waals surface area contributed by atoms with Crippen LogP contribution in [0.25, 0.3) is 0 Å². The number of likely N-dealkylation sites (N-methyl/N-ethyl adjacent to an activating group) is 1. The Morgan fingerprint density at radius 2 is 2.47 bits per heavy atom. The predicted octanol–water partition coefficient (Wildman–Crippen LogP) is 0.475. The summed E-state index contributed by atoms with van der Waals surface area (Å²) in [6, 6.07) is 0.420. The van der Waals surface area contributed by atoms with E-state index in [9.17, 15) is 4.79 Å². The lowest BCUT2D eigenvalue weighted by Crippen LogP contribution is -2.42. The number of nitrogens with zero attached hydrogens (tertiary/aromatic N) is 1. The Balaban J connectivity index is 1.91. The second kappa shape index (κ2) is 5.91. The average molecular weight is 240 g/mol. The van der Waals surface area contributed by atoms with E-state index in [4.69, 9.17) is 9.47 Å². The first-order chi connectivity index (χ1) is 8.31. The molecule has 2 aliphatic heterocycles. The van der Waals surface area contributed by atoms with Crippen LogP contribution in [-0.2, 0) is 14.3 Å². The van der Waals surface area contributed by atoms with Gasteiger partial charge in [0.2, 0.25) is 5.76 Å². The summed E-state index contributed by atoms with van der Waals surface area (Å²) in [5, 5.41) is 3.39. The van der Waals surface area contributed by atoms with E-state index in [1.807, 2.05) is 11.8 Å². The number of ether oxygens (including phenoxy) is 2. The number of amides is 1. The van der Waals surface area contributed by atoms with Crippen LogP contribution in [-0.4, -0.2) is 49.7 Å².